The van der Waals surface area contributed by atoms with Crippen molar-refractivity contribution in [2.24, 2.45) is 0 Å². The average Bonchev–Trinajstić information content (AvgIpc) is 2.66. The Kier molecular flexibility index (Phi) is 2.64. The van der Waals surface area contributed by atoms with Gasteiger partial charge in [-0.1, -0.05) is 6.07 Å². The van der Waals surface area contributed by atoms with Gasteiger partial charge in [-0.3, -0.25) is 10.1 Å². The van der Waals surface area contributed by atoms with E-state index in [2.05, 4.69) is 15.2 Å². The summed E-state index contributed by atoms with van der Waals surface area (Å²) in [6.45, 7) is 0. The molecule has 0 saturated carbocycles. The number of nitrogens with zero attached hydrogens (tertiary/aromatic N) is 2. The van der Waals surface area contributed by atoms with E-state index >= 15 is 0 Å². The summed E-state index contributed by atoms with van der Waals surface area (Å²) in [4.78, 5) is 3.98. The largest absolute Gasteiger partial charge is 0.388 e. The van der Waals surface area contributed by atoms with Gasteiger partial charge < -0.3 is 10.8 Å². The lowest BCUT2D eigenvalue weighted by Crippen LogP contribution is -2.03. The molecule has 5 heteroatoms. The fourth-order valence-electron chi connectivity index (χ4n) is 1.42. The monoisotopic (exact) mass is 204 g/mol. The zero-order valence-corrected chi connectivity index (χ0v) is 8.09. The van der Waals surface area contributed by atoms with Gasteiger partial charge in [-0.2, -0.15) is 5.10 Å². The van der Waals surface area contributed by atoms with Crippen LogP contribution >= 0.6 is 0 Å². The standard InChI is InChI=1S/C10H12N4O/c11-10-8(6-13-14-10)9(15)4-7-2-1-3-12-5-7/h1-3,5-6,9,15H,4H2,(H3,11,13,14). The molecule has 0 saturated heterocycles. The Morgan fingerprint density at radius 2 is 2.33 bits per heavy atom. The van der Waals surface area contributed by atoms with Crippen LogP contribution in [-0.4, -0.2) is 20.3 Å². The van der Waals surface area contributed by atoms with Crippen molar-refractivity contribution in [2.45, 2.75) is 12.5 Å². The first-order chi connectivity index (χ1) is 7.27. The molecule has 2 rings (SSSR count). The number of aromatic amines is 1. The maximum Gasteiger partial charge on any atom is 0.124 e. The highest BCUT2D eigenvalue weighted by Gasteiger charge is 2.13. The second-order valence-electron chi connectivity index (χ2n) is 3.32. The molecule has 0 aliphatic rings. The Bertz CT molecular complexity index is 426. The number of aliphatic hydroxyl groups is 1. The summed E-state index contributed by atoms with van der Waals surface area (Å²) in [5.41, 5.74) is 7.19. The number of hydrogen-bond donors (Lipinski definition) is 3. The van der Waals surface area contributed by atoms with Gasteiger partial charge in [0.2, 0.25) is 0 Å². The number of hydrogen-bond acceptors (Lipinski definition) is 4. The molecule has 4 N–H and O–H groups in total. The molecule has 0 spiro atoms. The van der Waals surface area contributed by atoms with Crippen LogP contribution < -0.4 is 5.73 Å². The smallest absolute Gasteiger partial charge is 0.124 e. The molecule has 1 atom stereocenters. The first-order valence-electron chi connectivity index (χ1n) is 4.63. The second-order valence-corrected chi connectivity index (χ2v) is 3.32. The van der Waals surface area contributed by atoms with E-state index in [0.29, 0.717) is 17.8 Å². The minimum Gasteiger partial charge on any atom is -0.388 e. The molecule has 5 nitrogen and oxygen atoms in total. The van der Waals surface area contributed by atoms with Crippen LogP contribution in [0.1, 0.15) is 17.2 Å². The average molecular weight is 204 g/mol. The number of aromatic nitrogens is 3. The van der Waals surface area contributed by atoms with Crippen molar-refractivity contribution < 1.29 is 5.11 Å². The molecule has 0 fully saturated rings. The molecular weight excluding hydrogens is 192 g/mol. The predicted molar refractivity (Wildman–Crippen MR) is 55.9 cm³/mol. The highest BCUT2D eigenvalue weighted by atomic mass is 16.3. The zero-order chi connectivity index (χ0) is 10.7. The van der Waals surface area contributed by atoms with Crippen LogP contribution in [0.4, 0.5) is 5.82 Å². The van der Waals surface area contributed by atoms with Crippen LogP contribution in [0.15, 0.2) is 30.7 Å². The Balaban J connectivity index is 2.11. The number of aliphatic hydroxyl groups excluding tert-OH is 1. The van der Waals surface area contributed by atoms with E-state index in [1.54, 1.807) is 12.4 Å². The van der Waals surface area contributed by atoms with Gasteiger partial charge in [-0.25, -0.2) is 0 Å². The van der Waals surface area contributed by atoms with E-state index in [1.165, 1.54) is 6.20 Å². The van der Waals surface area contributed by atoms with Crippen molar-refractivity contribution in [3.05, 3.63) is 41.9 Å². The molecule has 0 aliphatic carbocycles. The molecule has 0 amide bonds. The zero-order valence-electron chi connectivity index (χ0n) is 8.09. The lowest BCUT2D eigenvalue weighted by Gasteiger charge is -2.08. The quantitative estimate of drug-likeness (QED) is 0.685. The maximum atomic E-state index is 9.88. The minimum atomic E-state index is -0.645. The first kappa shape index (κ1) is 9.67. The third kappa shape index (κ3) is 2.13. The predicted octanol–water partition coefficient (Wildman–Crippen LogP) is 0.663. The fourth-order valence-corrected chi connectivity index (χ4v) is 1.42. The molecule has 0 bridgehead atoms. The Morgan fingerprint density at radius 1 is 1.47 bits per heavy atom. The lowest BCUT2D eigenvalue weighted by atomic mass is 10.1. The molecule has 1 unspecified atom stereocenters. The van der Waals surface area contributed by atoms with Gasteiger partial charge in [0.1, 0.15) is 5.82 Å². The molecule has 2 aromatic heterocycles. The Hall–Kier alpha value is -1.88. The van der Waals surface area contributed by atoms with Crippen LogP contribution in [0.25, 0.3) is 0 Å². The highest BCUT2D eigenvalue weighted by molar-refractivity contribution is 5.39. The third-order valence-corrected chi connectivity index (χ3v) is 2.21. The molecule has 2 heterocycles. The summed E-state index contributed by atoms with van der Waals surface area (Å²) in [7, 11) is 0. The maximum absolute atomic E-state index is 9.88. The van der Waals surface area contributed by atoms with E-state index in [9.17, 15) is 5.11 Å². The molecular formula is C10H12N4O. The highest BCUT2D eigenvalue weighted by Crippen LogP contribution is 2.20. The van der Waals surface area contributed by atoms with E-state index in [4.69, 9.17) is 5.73 Å². The van der Waals surface area contributed by atoms with Crippen molar-refractivity contribution in [3.63, 3.8) is 0 Å². The minimum absolute atomic E-state index is 0.409. The van der Waals surface area contributed by atoms with E-state index in [-0.39, 0.29) is 0 Å². The summed E-state index contributed by atoms with van der Waals surface area (Å²) >= 11 is 0. The summed E-state index contributed by atoms with van der Waals surface area (Å²) in [5.74, 6) is 0.409. The van der Waals surface area contributed by atoms with Crippen LogP contribution in [0.3, 0.4) is 0 Å². The van der Waals surface area contributed by atoms with Gasteiger partial charge in [0.25, 0.3) is 0 Å². The van der Waals surface area contributed by atoms with Gasteiger partial charge >= 0.3 is 0 Å². The number of rotatable bonds is 3. The lowest BCUT2D eigenvalue weighted by molar-refractivity contribution is 0.179. The van der Waals surface area contributed by atoms with Crippen molar-refractivity contribution in [1.82, 2.24) is 15.2 Å². The summed E-state index contributed by atoms with van der Waals surface area (Å²) in [5, 5.41) is 16.2. The van der Waals surface area contributed by atoms with Gasteiger partial charge in [0.05, 0.1) is 12.3 Å². The summed E-state index contributed by atoms with van der Waals surface area (Å²) in [6, 6.07) is 3.74. The van der Waals surface area contributed by atoms with Crippen LogP contribution in [-0.2, 0) is 6.42 Å². The normalized spacial score (nSPS) is 12.6. The van der Waals surface area contributed by atoms with Gasteiger partial charge in [0.15, 0.2) is 0 Å². The van der Waals surface area contributed by atoms with Crippen LogP contribution in [0, 0.1) is 0 Å². The molecule has 0 aromatic carbocycles. The summed E-state index contributed by atoms with van der Waals surface area (Å²) < 4.78 is 0. The number of H-pyrrole nitrogens is 1. The number of nitrogens with one attached hydrogen (secondary N) is 1. The van der Waals surface area contributed by atoms with E-state index in [0.717, 1.165) is 5.56 Å². The molecule has 2 aromatic rings. The van der Waals surface area contributed by atoms with Gasteiger partial charge in [0, 0.05) is 24.4 Å². The number of nitrogen functional groups attached to an aromatic ring is 1. The molecule has 0 aliphatic heterocycles. The van der Waals surface area contributed by atoms with Crippen LogP contribution in [0.5, 0.6) is 0 Å². The summed E-state index contributed by atoms with van der Waals surface area (Å²) in [6.07, 6.45) is 4.79. The van der Waals surface area contributed by atoms with Crippen molar-refractivity contribution in [1.29, 1.82) is 0 Å². The van der Waals surface area contributed by atoms with Crippen molar-refractivity contribution in [3.8, 4) is 0 Å². The topological polar surface area (TPSA) is 87.8 Å². The third-order valence-electron chi connectivity index (χ3n) is 2.21. The molecule has 0 radical (unpaired) electrons. The van der Waals surface area contributed by atoms with Gasteiger partial charge in [-0.15, -0.1) is 0 Å². The van der Waals surface area contributed by atoms with Crippen molar-refractivity contribution >= 4 is 5.82 Å². The second kappa shape index (κ2) is 4.10. The first-order valence-corrected chi connectivity index (χ1v) is 4.63. The number of pyridine rings is 1. The fraction of sp³-hybridized carbons (Fsp3) is 0.200. The van der Waals surface area contributed by atoms with Crippen molar-refractivity contribution in [2.75, 3.05) is 5.73 Å². The SMILES string of the molecule is Nc1[nH]ncc1C(O)Cc1cccnc1. The van der Waals surface area contributed by atoms with E-state index < -0.39 is 6.10 Å². The number of anilines is 1. The Labute approximate surface area is 87.0 Å². The number of nitrogens with two attached hydrogens (primary N) is 1. The molecule has 15 heavy (non-hydrogen) atoms. The van der Waals surface area contributed by atoms with Crippen LogP contribution in [0.2, 0.25) is 0 Å². The van der Waals surface area contributed by atoms with Gasteiger partial charge in [-0.05, 0) is 11.6 Å². The molecule has 78 valence electrons. The Morgan fingerprint density at radius 3 is 2.93 bits per heavy atom. The van der Waals surface area contributed by atoms with E-state index in [1.807, 2.05) is 12.1 Å².